The van der Waals surface area contributed by atoms with Crippen LogP contribution in [0.4, 0.5) is 0 Å². The smallest absolute Gasteiger partial charge is 0.240 e. The molecule has 0 saturated heterocycles. The Morgan fingerprint density at radius 2 is 1.64 bits per heavy atom. The van der Waals surface area contributed by atoms with Gasteiger partial charge in [0.1, 0.15) is 6.04 Å². The molecule has 0 radical (unpaired) electrons. The van der Waals surface area contributed by atoms with Gasteiger partial charge in [0.25, 0.3) is 0 Å². The third-order valence-corrected chi connectivity index (χ3v) is 3.96. The van der Waals surface area contributed by atoms with E-state index in [4.69, 9.17) is 5.73 Å². The normalized spacial score (nSPS) is 11.7. The summed E-state index contributed by atoms with van der Waals surface area (Å²) in [6.45, 7) is 0. The van der Waals surface area contributed by atoms with Gasteiger partial charge in [0.05, 0.1) is 6.42 Å². The van der Waals surface area contributed by atoms with E-state index < -0.39 is 11.9 Å². The van der Waals surface area contributed by atoms with Gasteiger partial charge in [-0.05, 0) is 45.9 Å². The molecule has 0 spiro atoms. The maximum Gasteiger partial charge on any atom is 0.240 e. The highest BCUT2D eigenvalue weighted by molar-refractivity contribution is 14.1. The Morgan fingerprint density at radius 3 is 2.23 bits per heavy atom. The Bertz CT molecular complexity index is 641. The molecular formula is C17H17IN2O2. The van der Waals surface area contributed by atoms with Crippen molar-refractivity contribution in [1.82, 2.24) is 5.32 Å². The van der Waals surface area contributed by atoms with Gasteiger partial charge in [-0.15, -0.1) is 0 Å². The average molecular weight is 408 g/mol. The second-order valence-corrected chi connectivity index (χ2v) is 6.26. The lowest BCUT2D eigenvalue weighted by Gasteiger charge is -2.15. The lowest BCUT2D eigenvalue weighted by atomic mass is 10.0. The first kappa shape index (κ1) is 16.5. The Morgan fingerprint density at radius 1 is 1.00 bits per heavy atom. The molecule has 22 heavy (non-hydrogen) atoms. The van der Waals surface area contributed by atoms with E-state index in [9.17, 15) is 9.59 Å². The van der Waals surface area contributed by atoms with Crippen LogP contribution in [0.1, 0.15) is 11.1 Å². The SMILES string of the molecule is NC(=O)[C@H](Cc1ccc(I)cc1)NC(=O)Cc1ccccc1. The van der Waals surface area contributed by atoms with Crippen LogP contribution in [-0.4, -0.2) is 17.9 Å². The van der Waals surface area contributed by atoms with Crippen LogP contribution in [0.2, 0.25) is 0 Å². The number of rotatable bonds is 6. The molecule has 0 fully saturated rings. The minimum Gasteiger partial charge on any atom is -0.368 e. The van der Waals surface area contributed by atoms with Crippen molar-refractivity contribution < 1.29 is 9.59 Å². The third kappa shape index (κ3) is 5.14. The first-order valence-electron chi connectivity index (χ1n) is 6.91. The van der Waals surface area contributed by atoms with Gasteiger partial charge >= 0.3 is 0 Å². The molecular weight excluding hydrogens is 391 g/mol. The van der Waals surface area contributed by atoms with Crippen LogP contribution >= 0.6 is 22.6 Å². The molecule has 2 aromatic rings. The van der Waals surface area contributed by atoms with Crippen LogP contribution in [-0.2, 0) is 22.4 Å². The van der Waals surface area contributed by atoms with E-state index in [-0.39, 0.29) is 12.3 Å². The van der Waals surface area contributed by atoms with Crippen molar-refractivity contribution >= 4 is 34.4 Å². The van der Waals surface area contributed by atoms with E-state index in [0.29, 0.717) is 6.42 Å². The van der Waals surface area contributed by atoms with Crippen LogP contribution in [0, 0.1) is 3.57 Å². The molecule has 0 heterocycles. The number of primary amides is 1. The van der Waals surface area contributed by atoms with Crippen LogP contribution in [0.5, 0.6) is 0 Å². The van der Waals surface area contributed by atoms with Crippen LogP contribution in [0.25, 0.3) is 0 Å². The van der Waals surface area contributed by atoms with Gasteiger partial charge in [-0.3, -0.25) is 9.59 Å². The number of carbonyl (C=O) groups is 2. The summed E-state index contributed by atoms with van der Waals surface area (Å²) >= 11 is 2.21. The van der Waals surface area contributed by atoms with E-state index in [1.165, 1.54) is 0 Å². The molecule has 5 heteroatoms. The molecule has 114 valence electrons. The van der Waals surface area contributed by atoms with E-state index in [0.717, 1.165) is 14.7 Å². The van der Waals surface area contributed by atoms with Crippen molar-refractivity contribution in [1.29, 1.82) is 0 Å². The summed E-state index contributed by atoms with van der Waals surface area (Å²) in [5, 5.41) is 2.71. The second kappa shape index (κ2) is 7.93. The summed E-state index contributed by atoms with van der Waals surface area (Å²) in [6.07, 6.45) is 0.629. The van der Waals surface area contributed by atoms with Crippen molar-refractivity contribution in [3.63, 3.8) is 0 Å². The van der Waals surface area contributed by atoms with Crippen molar-refractivity contribution in [2.24, 2.45) is 5.73 Å². The number of nitrogens with two attached hydrogens (primary N) is 1. The number of benzene rings is 2. The van der Waals surface area contributed by atoms with Crippen molar-refractivity contribution in [2.45, 2.75) is 18.9 Å². The molecule has 3 N–H and O–H groups in total. The highest BCUT2D eigenvalue weighted by atomic mass is 127. The zero-order valence-electron chi connectivity index (χ0n) is 12.0. The largest absolute Gasteiger partial charge is 0.368 e. The molecule has 0 aliphatic heterocycles. The summed E-state index contributed by atoms with van der Waals surface area (Å²) in [4.78, 5) is 23.6. The van der Waals surface area contributed by atoms with Crippen LogP contribution < -0.4 is 11.1 Å². The zero-order chi connectivity index (χ0) is 15.9. The first-order chi connectivity index (χ1) is 10.5. The van der Waals surface area contributed by atoms with Gasteiger partial charge < -0.3 is 11.1 Å². The number of halogens is 1. The fourth-order valence-corrected chi connectivity index (χ4v) is 2.47. The number of amides is 2. The van der Waals surface area contributed by atoms with Gasteiger partial charge in [-0.2, -0.15) is 0 Å². The number of carbonyl (C=O) groups excluding carboxylic acids is 2. The molecule has 0 aliphatic carbocycles. The van der Waals surface area contributed by atoms with Gasteiger partial charge in [0, 0.05) is 9.99 Å². The maximum atomic E-state index is 12.1. The molecule has 2 aromatic carbocycles. The summed E-state index contributed by atoms with van der Waals surface area (Å²) in [5.74, 6) is -0.736. The molecule has 0 unspecified atom stereocenters. The molecule has 0 aliphatic rings. The third-order valence-electron chi connectivity index (χ3n) is 3.24. The fraction of sp³-hybridized carbons (Fsp3) is 0.176. The predicted molar refractivity (Wildman–Crippen MR) is 94.1 cm³/mol. The summed E-state index contributed by atoms with van der Waals surface area (Å²) in [6, 6.07) is 16.5. The molecule has 2 amide bonds. The van der Waals surface area contributed by atoms with Gasteiger partial charge in [0.2, 0.25) is 11.8 Å². The summed E-state index contributed by atoms with van der Waals surface area (Å²) < 4.78 is 1.12. The number of hydrogen-bond donors (Lipinski definition) is 2. The topological polar surface area (TPSA) is 72.2 Å². The van der Waals surface area contributed by atoms with Crippen molar-refractivity contribution in [3.05, 3.63) is 69.3 Å². The first-order valence-corrected chi connectivity index (χ1v) is 7.99. The molecule has 0 saturated carbocycles. The lowest BCUT2D eigenvalue weighted by Crippen LogP contribution is -2.46. The van der Waals surface area contributed by atoms with E-state index in [2.05, 4.69) is 27.9 Å². The van der Waals surface area contributed by atoms with E-state index in [1.54, 1.807) is 0 Å². The maximum absolute atomic E-state index is 12.1. The summed E-state index contributed by atoms with van der Waals surface area (Å²) in [7, 11) is 0. The Labute approximate surface area is 143 Å². The minimum absolute atomic E-state index is 0.208. The minimum atomic E-state index is -0.698. The Balaban J connectivity index is 1.98. The highest BCUT2D eigenvalue weighted by Crippen LogP contribution is 2.09. The molecule has 0 bridgehead atoms. The van der Waals surface area contributed by atoms with Crippen molar-refractivity contribution in [3.8, 4) is 0 Å². The standard InChI is InChI=1S/C17H17IN2O2/c18-14-8-6-13(7-9-14)10-15(17(19)22)20-16(21)11-12-4-2-1-3-5-12/h1-9,15H,10-11H2,(H2,19,22)(H,20,21)/t15-/m0/s1. The monoisotopic (exact) mass is 408 g/mol. The van der Waals surface area contributed by atoms with Gasteiger partial charge in [0.15, 0.2) is 0 Å². The highest BCUT2D eigenvalue weighted by Gasteiger charge is 2.18. The van der Waals surface area contributed by atoms with Crippen LogP contribution in [0.15, 0.2) is 54.6 Å². The zero-order valence-corrected chi connectivity index (χ0v) is 14.1. The summed E-state index contributed by atoms with van der Waals surface area (Å²) in [5.41, 5.74) is 7.26. The number of nitrogens with one attached hydrogen (secondary N) is 1. The molecule has 4 nitrogen and oxygen atoms in total. The second-order valence-electron chi connectivity index (χ2n) is 5.02. The quantitative estimate of drug-likeness (QED) is 0.719. The molecule has 0 aromatic heterocycles. The van der Waals surface area contributed by atoms with Crippen molar-refractivity contribution in [2.75, 3.05) is 0 Å². The fourth-order valence-electron chi connectivity index (χ4n) is 2.11. The average Bonchev–Trinajstić information content (AvgIpc) is 2.49. The molecule has 1 atom stereocenters. The van der Waals surface area contributed by atoms with Gasteiger partial charge in [-0.25, -0.2) is 0 Å². The lowest BCUT2D eigenvalue weighted by molar-refractivity contribution is -0.127. The predicted octanol–water partition coefficient (Wildman–Crippen LogP) is 2.05. The molecule has 2 rings (SSSR count). The Kier molecular flexibility index (Phi) is 5.94. The van der Waals surface area contributed by atoms with Gasteiger partial charge in [-0.1, -0.05) is 42.5 Å². The van der Waals surface area contributed by atoms with E-state index in [1.807, 2.05) is 54.6 Å². The Hall–Kier alpha value is -1.89. The van der Waals surface area contributed by atoms with Crippen LogP contribution in [0.3, 0.4) is 0 Å². The number of hydrogen-bond acceptors (Lipinski definition) is 2. The van der Waals surface area contributed by atoms with E-state index >= 15 is 0 Å².